The number of phosphoric ester groups is 1. The van der Waals surface area contributed by atoms with Crippen molar-refractivity contribution in [3.8, 4) is 5.75 Å². The van der Waals surface area contributed by atoms with Gasteiger partial charge < -0.3 is 19.6 Å². The van der Waals surface area contributed by atoms with Crippen LogP contribution in [-0.2, 0) is 22.3 Å². The van der Waals surface area contributed by atoms with E-state index in [4.69, 9.17) is 19.6 Å². The Bertz CT molecular complexity index is 377. The molecule has 7 heteroatoms. The number of benzene rings is 1. The van der Waals surface area contributed by atoms with Crippen LogP contribution in [0, 0.1) is 0 Å². The number of methoxy groups -OCH3 is 1. The number of phosphoric acid groups is 1. The zero-order valence-electron chi connectivity index (χ0n) is 8.66. The molecule has 1 rings (SSSR count). The number of aliphatic hydroxyl groups excluding tert-OH is 1. The summed E-state index contributed by atoms with van der Waals surface area (Å²) in [6.07, 6.45) is 0. The molecule has 3 N–H and O–H groups in total. The lowest BCUT2D eigenvalue weighted by molar-refractivity contribution is 0.184. The highest BCUT2D eigenvalue weighted by molar-refractivity contribution is 7.46. The maximum Gasteiger partial charge on any atom is 0.469 e. The van der Waals surface area contributed by atoms with Crippen molar-refractivity contribution in [1.82, 2.24) is 0 Å². The lowest BCUT2D eigenvalue weighted by atomic mass is 10.1. The second-order valence-corrected chi connectivity index (χ2v) is 4.26. The van der Waals surface area contributed by atoms with Crippen molar-refractivity contribution in [2.45, 2.75) is 13.2 Å². The second-order valence-electron chi connectivity index (χ2n) is 3.02. The fourth-order valence-corrected chi connectivity index (χ4v) is 1.56. The Labute approximate surface area is 92.7 Å². The van der Waals surface area contributed by atoms with E-state index in [1.807, 2.05) is 0 Å². The third kappa shape index (κ3) is 3.59. The normalized spacial score (nSPS) is 11.5. The first-order valence-corrected chi connectivity index (χ1v) is 5.96. The molecule has 0 bridgehead atoms. The minimum absolute atomic E-state index is 0.253. The molecule has 0 aliphatic carbocycles. The summed E-state index contributed by atoms with van der Waals surface area (Å²) in [4.78, 5) is 17.2. The van der Waals surface area contributed by atoms with Gasteiger partial charge in [0.15, 0.2) is 0 Å². The molecule has 16 heavy (non-hydrogen) atoms. The first-order chi connectivity index (χ1) is 7.48. The third-order valence-corrected chi connectivity index (χ3v) is 2.46. The van der Waals surface area contributed by atoms with Crippen molar-refractivity contribution < 1.29 is 28.7 Å². The van der Waals surface area contributed by atoms with Crippen LogP contribution in [0.5, 0.6) is 5.75 Å². The van der Waals surface area contributed by atoms with E-state index >= 15 is 0 Å². The van der Waals surface area contributed by atoms with E-state index in [-0.39, 0.29) is 13.2 Å². The highest BCUT2D eigenvalue weighted by atomic mass is 31.2. The van der Waals surface area contributed by atoms with E-state index < -0.39 is 7.82 Å². The molecule has 0 aliphatic rings. The number of ether oxygens (including phenoxy) is 1. The van der Waals surface area contributed by atoms with Crippen LogP contribution >= 0.6 is 7.82 Å². The Morgan fingerprint density at radius 1 is 1.38 bits per heavy atom. The molecule has 0 radical (unpaired) electrons. The zero-order chi connectivity index (χ0) is 12.2. The van der Waals surface area contributed by atoms with Gasteiger partial charge in [0.1, 0.15) is 5.75 Å². The van der Waals surface area contributed by atoms with Gasteiger partial charge in [0.2, 0.25) is 0 Å². The van der Waals surface area contributed by atoms with Crippen LogP contribution < -0.4 is 4.74 Å². The predicted molar refractivity (Wildman–Crippen MR) is 55.7 cm³/mol. The van der Waals surface area contributed by atoms with E-state index in [0.717, 1.165) is 0 Å². The summed E-state index contributed by atoms with van der Waals surface area (Å²) in [7, 11) is -3.10. The smallest absolute Gasteiger partial charge is 0.469 e. The molecule has 0 heterocycles. The van der Waals surface area contributed by atoms with Crippen molar-refractivity contribution >= 4 is 7.82 Å². The molecule has 0 fully saturated rings. The monoisotopic (exact) mass is 248 g/mol. The highest BCUT2D eigenvalue weighted by Crippen LogP contribution is 2.38. The molecule has 1 aromatic rings. The van der Waals surface area contributed by atoms with Gasteiger partial charge in [-0.15, -0.1) is 0 Å². The molecule has 0 saturated carbocycles. The standard InChI is InChI=1S/C9H13O6P/c1-14-9-4-2-3-7(5-10)8(9)6-15-16(11,12)13/h2-4,10H,5-6H2,1H3,(H2,11,12,13). The molecule has 0 amide bonds. The summed E-state index contributed by atoms with van der Waals surface area (Å²) in [6.45, 7) is -0.568. The molecule has 90 valence electrons. The summed E-state index contributed by atoms with van der Waals surface area (Å²) < 4.78 is 20.0. The summed E-state index contributed by atoms with van der Waals surface area (Å²) in [6, 6.07) is 4.92. The number of hydrogen-bond donors (Lipinski definition) is 3. The molecule has 0 aromatic heterocycles. The van der Waals surface area contributed by atoms with Crippen LogP contribution in [0.4, 0.5) is 0 Å². The maximum absolute atomic E-state index is 10.6. The number of rotatable bonds is 5. The zero-order valence-corrected chi connectivity index (χ0v) is 9.55. The largest absolute Gasteiger partial charge is 0.496 e. The maximum atomic E-state index is 10.6. The van der Waals surface area contributed by atoms with Crippen molar-refractivity contribution in [3.63, 3.8) is 0 Å². The van der Waals surface area contributed by atoms with Crippen LogP contribution in [0.3, 0.4) is 0 Å². The van der Waals surface area contributed by atoms with E-state index in [9.17, 15) is 4.57 Å². The second kappa shape index (κ2) is 5.43. The molecule has 6 nitrogen and oxygen atoms in total. The first kappa shape index (κ1) is 13.2. The van der Waals surface area contributed by atoms with E-state index in [1.165, 1.54) is 7.11 Å². The van der Waals surface area contributed by atoms with Crippen LogP contribution in [0.2, 0.25) is 0 Å². The average molecular weight is 248 g/mol. The fraction of sp³-hybridized carbons (Fsp3) is 0.333. The van der Waals surface area contributed by atoms with Gasteiger partial charge in [0.05, 0.1) is 20.3 Å². The topological polar surface area (TPSA) is 96.2 Å². The van der Waals surface area contributed by atoms with Crippen LogP contribution in [0.25, 0.3) is 0 Å². The quantitative estimate of drug-likeness (QED) is 0.667. The van der Waals surface area contributed by atoms with Crippen molar-refractivity contribution in [2.24, 2.45) is 0 Å². The number of aliphatic hydroxyl groups is 1. The van der Waals surface area contributed by atoms with Crippen LogP contribution in [-0.4, -0.2) is 22.0 Å². The lowest BCUT2D eigenvalue weighted by Crippen LogP contribution is -2.00. The summed E-state index contributed by atoms with van der Waals surface area (Å²) in [5, 5.41) is 9.06. The van der Waals surface area contributed by atoms with Gasteiger partial charge in [-0.1, -0.05) is 12.1 Å². The Hall–Kier alpha value is -0.910. The first-order valence-electron chi connectivity index (χ1n) is 4.43. The van der Waals surface area contributed by atoms with Gasteiger partial charge in [-0.3, -0.25) is 4.52 Å². The molecule has 0 atom stereocenters. The molecule has 0 unspecified atom stereocenters. The summed E-state index contributed by atoms with van der Waals surface area (Å²) in [5.74, 6) is 0.417. The highest BCUT2D eigenvalue weighted by Gasteiger charge is 2.17. The predicted octanol–water partition coefficient (Wildman–Crippen LogP) is 0.797. The molecule has 1 aromatic carbocycles. The Morgan fingerprint density at radius 2 is 2.06 bits per heavy atom. The minimum Gasteiger partial charge on any atom is -0.496 e. The number of hydrogen-bond acceptors (Lipinski definition) is 4. The molecular formula is C9H13O6P. The van der Waals surface area contributed by atoms with Crippen molar-refractivity contribution in [1.29, 1.82) is 0 Å². The minimum atomic E-state index is -4.53. The van der Waals surface area contributed by atoms with Crippen molar-refractivity contribution in [3.05, 3.63) is 29.3 Å². The van der Waals surface area contributed by atoms with Crippen molar-refractivity contribution in [2.75, 3.05) is 7.11 Å². The molecule has 0 aliphatic heterocycles. The Morgan fingerprint density at radius 3 is 2.56 bits per heavy atom. The lowest BCUT2D eigenvalue weighted by Gasteiger charge is -2.13. The summed E-state index contributed by atoms with van der Waals surface area (Å²) >= 11 is 0. The third-order valence-electron chi connectivity index (χ3n) is 2.00. The van der Waals surface area contributed by atoms with Gasteiger partial charge in [0, 0.05) is 5.56 Å². The van der Waals surface area contributed by atoms with Crippen LogP contribution in [0.1, 0.15) is 11.1 Å². The Kier molecular flexibility index (Phi) is 4.46. The van der Waals surface area contributed by atoms with Gasteiger partial charge in [-0.2, -0.15) is 0 Å². The van der Waals surface area contributed by atoms with E-state index in [0.29, 0.717) is 16.9 Å². The van der Waals surface area contributed by atoms with E-state index in [1.54, 1.807) is 18.2 Å². The molecule has 0 saturated heterocycles. The Balaban J connectivity index is 2.95. The van der Waals surface area contributed by atoms with Crippen LogP contribution in [0.15, 0.2) is 18.2 Å². The summed E-state index contributed by atoms with van der Waals surface area (Å²) in [5.41, 5.74) is 0.934. The fourth-order valence-electron chi connectivity index (χ4n) is 1.26. The van der Waals surface area contributed by atoms with Gasteiger partial charge in [0.25, 0.3) is 0 Å². The molecule has 0 spiro atoms. The van der Waals surface area contributed by atoms with E-state index in [2.05, 4.69) is 4.52 Å². The van der Waals surface area contributed by atoms with Gasteiger partial charge in [-0.05, 0) is 11.6 Å². The van der Waals surface area contributed by atoms with Gasteiger partial charge in [-0.25, -0.2) is 4.57 Å². The van der Waals surface area contributed by atoms with Gasteiger partial charge >= 0.3 is 7.82 Å². The average Bonchev–Trinajstić information content (AvgIpc) is 2.24. The SMILES string of the molecule is COc1cccc(CO)c1COP(=O)(O)O. The molecular weight excluding hydrogens is 235 g/mol.